The maximum Gasteiger partial charge on any atom is 0.241 e. The fourth-order valence-electron chi connectivity index (χ4n) is 2.28. The monoisotopic (exact) mass is 275 g/mol. The molecule has 5 nitrogen and oxygen atoms in total. The van der Waals surface area contributed by atoms with Crippen LogP contribution in [-0.2, 0) is 9.59 Å². The number of likely N-dealkylation sites (N-methyl/N-ethyl adjacent to an activating group) is 1. The van der Waals surface area contributed by atoms with Crippen LogP contribution in [0.1, 0.15) is 24.4 Å². The van der Waals surface area contributed by atoms with Gasteiger partial charge in [0.15, 0.2) is 0 Å². The molecule has 2 rings (SSSR count). The van der Waals surface area contributed by atoms with Crippen LogP contribution in [0.3, 0.4) is 0 Å². The summed E-state index contributed by atoms with van der Waals surface area (Å²) in [5, 5.41) is 0. The van der Waals surface area contributed by atoms with Crippen LogP contribution in [0.5, 0.6) is 0 Å². The molecule has 108 valence electrons. The van der Waals surface area contributed by atoms with Crippen LogP contribution in [0.25, 0.3) is 0 Å². The summed E-state index contributed by atoms with van der Waals surface area (Å²) in [6.45, 7) is 1.41. The van der Waals surface area contributed by atoms with Crippen molar-refractivity contribution in [3.63, 3.8) is 0 Å². The second-order valence-electron chi connectivity index (χ2n) is 5.19. The Morgan fingerprint density at radius 2 is 2.00 bits per heavy atom. The van der Waals surface area contributed by atoms with Crippen molar-refractivity contribution in [3.05, 3.63) is 35.9 Å². The standard InChI is InChI=1S/C15H21N3O2/c1-17-9-10-18(11-15(17)20)14(19)8-7-13(16)12-5-3-2-4-6-12/h2-6,13H,7-11,16H2,1H3. The van der Waals surface area contributed by atoms with Crippen molar-refractivity contribution in [3.8, 4) is 0 Å². The smallest absolute Gasteiger partial charge is 0.241 e. The van der Waals surface area contributed by atoms with E-state index in [0.717, 1.165) is 5.56 Å². The second kappa shape index (κ2) is 6.52. The molecule has 5 heteroatoms. The summed E-state index contributed by atoms with van der Waals surface area (Å²) >= 11 is 0. The Morgan fingerprint density at radius 1 is 1.30 bits per heavy atom. The van der Waals surface area contributed by atoms with Gasteiger partial charge in [0.1, 0.15) is 0 Å². The summed E-state index contributed by atoms with van der Waals surface area (Å²) in [5.74, 6) is 0.00906. The van der Waals surface area contributed by atoms with Gasteiger partial charge in [0.05, 0.1) is 6.54 Å². The van der Waals surface area contributed by atoms with E-state index in [9.17, 15) is 9.59 Å². The first-order chi connectivity index (χ1) is 9.58. The van der Waals surface area contributed by atoms with Gasteiger partial charge < -0.3 is 15.5 Å². The van der Waals surface area contributed by atoms with Crippen LogP contribution in [0.15, 0.2) is 30.3 Å². The number of benzene rings is 1. The van der Waals surface area contributed by atoms with E-state index >= 15 is 0 Å². The van der Waals surface area contributed by atoms with E-state index < -0.39 is 0 Å². The van der Waals surface area contributed by atoms with Crippen molar-refractivity contribution in [2.75, 3.05) is 26.7 Å². The largest absolute Gasteiger partial charge is 0.342 e. The first-order valence-electron chi connectivity index (χ1n) is 6.90. The first kappa shape index (κ1) is 14.5. The Kier molecular flexibility index (Phi) is 4.74. The van der Waals surface area contributed by atoms with Crippen LogP contribution >= 0.6 is 0 Å². The van der Waals surface area contributed by atoms with E-state index in [1.54, 1.807) is 16.8 Å². The van der Waals surface area contributed by atoms with Gasteiger partial charge >= 0.3 is 0 Å². The first-order valence-corrected chi connectivity index (χ1v) is 6.90. The van der Waals surface area contributed by atoms with Crippen LogP contribution in [-0.4, -0.2) is 48.3 Å². The minimum atomic E-state index is -0.136. The van der Waals surface area contributed by atoms with Crippen molar-refractivity contribution >= 4 is 11.8 Å². The average molecular weight is 275 g/mol. The van der Waals surface area contributed by atoms with Crippen LogP contribution in [0, 0.1) is 0 Å². The molecular formula is C15H21N3O2. The lowest BCUT2D eigenvalue weighted by Gasteiger charge is -2.32. The topological polar surface area (TPSA) is 66.6 Å². The number of hydrogen-bond acceptors (Lipinski definition) is 3. The summed E-state index contributed by atoms with van der Waals surface area (Å²) in [6.07, 6.45) is 0.983. The molecule has 0 radical (unpaired) electrons. The van der Waals surface area contributed by atoms with E-state index in [0.29, 0.717) is 25.9 Å². The maximum atomic E-state index is 12.1. The normalized spacial score (nSPS) is 17.2. The number of rotatable bonds is 4. The van der Waals surface area contributed by atoms with E-state index in [-0.39, 0.29) is 24.4 Å². The van der Waals surface area contributed by atoms with Crippen LogP contribution in [0.4, 0.5) is 0 Å². The highest BCUT2D eigenvalue weighted by molar-refractivity contribution is 5.85. The molecule has 1 fully saturated rings. The molecule has 2 amide bonds. The Hall–Kier alpha value is -1.88. The Labute approximate surface area is 119 Å². The maximum absolute atomic E-state index is 12.1. The summed E-state index contributed by atoms with van der Waals surface area (Å²) < 4.78 is 0. The molecule has 2 N–H and O–H groups in total. The van der Waals surface area contributed by atoms with E-state index in [2.05, 4.69) is 0 Å². The summed E-state index contributed by atoms with van der Waals surface area (Å²) in [7, 11) is 1.76. The van der Waals surface area contributed by atoms with Crippen molar-refractivity contribution in [2.24, 2.45) is 5.73 Å². The highest BCUT2D eigenvalue weighted by Crippen LogP contribution is 2.16. The lowest BCUT2D eigenvalue weighted by molar-refractivity contribution is -0.144. The molecule has 20 heavy (non-hydrogen) atoms. The molecule has 1 heterocycles. The third kappa shape index (κ3) is 3.57. The number of amides is 2. The molecule has 0 saturated carbocycles. The van der Waals surface area contributed by atoms with Gasteiger partial charge in [0.2, 0.25) is 11.8 Å². The summed E-state index contributed by atoms with van der Waals surface area (Å²) in [4.78, 5) is 26.9. The molecular weight excluding hydrogens is 254 g/mol. The Morgan fingerprint density at radius 3 is 2.65 bits per heavy atom. The van der Waals surface area contributed by atoms with Crippen molar-refractivity contribution in [2.45, 2.75) is 18.9 Å². The quantitative estimate of drug-likeness (QED) is 0.882. The molecule has 1 aromatic rings. The third-order valence-electron chi connectivity index (χ3n) is 3.71. The highest BCUT2D eigenvalue weighted by Gasteiger charge is 2.24. The molecule has 1 atom stereocenters. The van der Waals surface area contributed by atoms with Gasteiger partial charge in [-0.25, -0.2) is 0 Å². The summed E-state index contributed by atoms with van der Waals surface area (Å²) in [5.41, 5.74) is 7.11. The Balaban J connectivity index is 1.82. The molecule has 1 aliphatic heterocycles. The van der Waals surface area contributed by atoms with Gasteiger partial charge in [-0.2, -0.15) is 0 Å². The fraction of sp³-hybridized carbons (Fsp3) is 0.467. The number of carbonyl (C=O) groups excluding carboxylic acids is 2. The predicted molar refractivity (Wildman–Crippen MR) is 76.8 cm³/mol. The van der Waals surface area contributed by atoms with Crippen molar-refractivity contribution in [1.29, 1.82) is 0 Å². The Bertz CT molecular complexity index is 475. The molecule has 0 aromatic heterocycles. The molecule has 0 aliphatic carbocycles. The van der Waals surface area contributed by atoms with Gasteiger partial charge in [-0.3, -0.25) is 9.59 Å². The molecule has 0 bridgehead atoms. The highest BCUT2D eigenvalue weighted by atomic mass is 16.2. The lowest BCUT2D eigenvalue weighted by atomic mass is 10.0. The molecule has 1 saturated heterocycles. The van der Waals surface area contributed by atoms with E-state index in [1.807, 2.05) is 30.3 Å². The van der Waals surface area contributed by atoms with Crippen molar-refractivity contribution in [1.82, 2.24) is 9.80 Å². The van der Waals surface area contributed by atoms with E-state index in [1.165, 1.54) is 0 Å². The fourth-order valence-corrected chi connectivity index (χ4v) is 2.28. The van der Waals surface area contributed by atoms with Gasteiger partial charge in [0.25, 0.3) is 0 Å². The van der Waals surface area contributed by atoms with Gasteiger partial charge in [-0.05, 0) is 12.0 Å². The number of hydrogen-bond donors (Lipinski definition) is 1. The van der Waals surface area contributed by atoms with Gasteiger partial charge in [0, 0.05) is 32.6 Å². The zero-order valence-electron chi connectivity index (χ0n) is 11.8. The van der Waals surface area contributed by atoms with E-state index in [4.69, 9.17) is 5.73 Å². The van der Waals surface area contributed by atoms with Crippen LogP contribution < -0.4 is 5.73 Å². The van der Waals surface area contributed by atoms with Crippen molar-refractivity contribution < 1.29 is 9.59 Å². The molecule has 0 spiro atoms. The predicted octanol–water partition coefficient (Wildman–Crippen LogP) is 0.767. The van der Waals surface area contributed by atoms with Gasteiger partial charge in [-0.15, -0.1) is 0 Å². The molecule has 1 aromatic carbocycles. The lowest BCUT2D eigenvalue weighted by Crippen LogP contribution is -2.50. The number of nitrogens with zero attached hydrogens (tertiary/aromatic N) is 2. The van der Waals surface area contributed by atoms with Crippen LogP contribution in [0.2, 0.25) is 0 Å². The number of piperazine rings is 1. The minimum Gasteiger partial charge on any atom is -0.342 e. The number of carbonyl (C=O) groups is 2. The number of nitrogens with two attached hydrogens (primary N) is 1. The second-order valence-corrected chi connectivity index (χ2v) is 5.19. The van der Waals surface area contributed by atoms with Gasteiger partial charge in [-0.1, -0.05) is 30.3 Å². The average Bonchev–Trinajstić information content (AvgIpc) is 2.48. The third-order valence-corrected chi connectivity index (χ3v) is 3.71. The SMILES string of the molecule is CN1CCN(C(=O)CCC(N)c2ccccc2)CC1=O. The molecule has 1 unspecified atom stereocenters. The zero-order chi connectivity index (χ0) is 14.5. The zero-order valence-corrected chi connectivity index (χ0v) is 11.8. The summed E-state index contributed by atoms with van der Waals surface area (Å²) in [6, 6.07) is 9.62. The molecule has 1 aliphatic rings. The minimum absolute atomic E-state index is 0.00282.